The molecule has 1 amide bonds. The lowest BCUT2D eigenvalue weighted by molar-refractivity contribution is -0.121. The van der Waals surface area contributed by atoms with E-state index in [1.165, 1.54) is 23.5 Å². The Labute approximate surface area is 236 Å². The first-order valence-corrected chi connectivity index (χ1v) is 15.4. The topological polar surface area (TPSA) is 118 Å². The minimum Gasteiger partial charge on any atom is -0.495 e. The Morgan fingerprint density at radius 2 is 1.95 bits per heavy atom. The number of nitrogens with one attached hydrogen (secondary N) is 1. The maximum atomic E-state index is 13.3. The molecule has 3 heterocycles. The average molecular weight is 619 g/mol. The molecule has 2 aromatic carbocycles. The number of benzene rings is 2. The third-order valence-electron chi connectivity index (χ3n) is 7.17. The molecule has 2 aliphatic heterocycles. The highest BCUT2D eigenvalue weighted by atomic mass is 79.9. The lowest BCUT2D eigenvalue weighted by Crippen LogP contribution is -2.40. The maximum absolute atomic E-state index is 13.3. The van der Waals surface area contributed by atoms with Crippen LogP contribution in [-0.4, -0.2) is 67.0 Å². The van der Waals surface area contributed by atoms with E-state index >= 15 is 0 Å². The van der Waals surface area contributed by atoms with Crippen LogP contribution in [0.4, 0.5) is 5.69 Å². The van der Waals surface area contributed by atoms with Crippen molar-refractivity contribution in [3.8, 4) is 17.1 Å². The number of hydrogen-bond acceptors (Lipinski definition) is 8. The largest absolute Gasteiger partial charge is 0.495 e. The molecular weight excluding hydrogens is 586 g/mol. The van der Waals surface area contributed by atoms with Gasteiger partial charge < -0.3 is 14.6 Å². The number of methoxy groups -OCH3 is 1. The molecule has 39 heavy (non-hydrogen) atoms. The van der Waals surface area contributed by atoms with Crippen molar-refractivity contribution in [3.63, 3.8) is 0 Å². The first-order chi connectivity index (χ1) is 18.8. The Balaban J connectivity index is 1.25. The van der Waals surface area contributed by atoms with Gasteiger partial charge in [0.1, 0.15) is 5.75 Å². The van der Waals surface area contributed by atoms with E-state index in [1.54, 1.807) is 6.07 Å². The smallest absolute Gasteiger partial charge is 0.243 e. The Hall–Kier alpha value is -2.80. The SMILES string of the molecule is COc1ccc(S(=O)(=O)N2CCCCC2)cc1NC(=O)C1CCCN(Cc2nc(-c3cccc(Br)c3)no2)C1. The number of sulfonamides is 1. The van der Waals surface area contributed by atoms with Crippen LogP contribution < -0.4 is 10.1 Å². The maximum Gasteiger partial charge on any atom is 0.243 e. The van der Waals surface area contributed by atoms with Crippen LogP contribution in [-0.2, 0) is 21.4 Å². The number of amides is 1. The summed E-state index contributed by atoms with van der Waals surface area (Å²) in [6, 6.07) is 12.3. The summed E-state index contributed by atoms with van der Waals surface area (Å²) < 4.78 is 39.8. The van der Waals surface area contributed by atoms with Gasteiger partial charge in [0.15, 0.2) is 0 Å². The molecule has 0 aliphatic carbocycles. The Bertz CT molecular complexity index is 1420. The number of carbonyl (C=O) groups is 1. The number of aromatic nitrogens is 2. The molecule has 1 unspecified atom stereocenters. The van der Waals surface area contributed by atoms with Crippen molar-refractivity contribution in [2.75, 3.05) is 38.6 Å². The van der Waals surface area contributed by atoms with Crippen molar-refractivity contribution in [2.24, 2.45) is 5.92 Å². The Kier molecular flexibility index (Phi) is 8.65. The standard InChI is InChI=1S/C27H32BrN5O5S/c1-37-24-11-10-22(39(35,36)33-13-3-2-4-14-33)16-23(24)29-27(34)20-8-6-12-32(17-20)18-25-30-26(31-38-25)19-7-5-9-21(28)15-19/h5,7,9-11,15-16,20H,2-4,6,8,12-14,17-18H2,1H3,(H,29,34). The van der Waals surface area contributed by atoms with Gasteiger partial charge in [-0.05, 0) is 62.6 Å². The van der Waals surface area contributed by atoms with E-state index in [1.807, 2.05) is 24.3 Å². The van der Waals surface area contributed by atoms with Crippen LogP contribution in [0.15, 0.2) is 56.4 Å². The van der Waals surface area contributed by atoms with E-state index in [9.17, 15) is 13.2 Å². The molecule has 12 heteroatoms. The third-order valence-corrected chi connectivity index (χ3v) is 9.56. The number of nitrogens with zero attached hydrogens (tertiary/aromatic N) is 4. The van der Waals surface area contributed by atoms with E-state index in [0.717, 1.165) is 48.7 Å². The Morgan fingerprint density at radius 1 is 1.13 bits per heavy atom. The summed E-state index contributed by atoms with van der Waals surface area (Å²) in [5.41, 5.74) is 1.21. The fourth-order valence-corrected chi connectivity index (χ4v) is 7.05. The fourth-order valence-electron chi connectivity index (χ4n) is 5.10. The second kappa shape index (κ2) is 12.2. The highest BCUT2D eigenvalue weighted by Crippen LogP contribution is 2.31. The average Bonchev–Trinajstić information content (AvgIpc) is 3.42. The zero-order valence-electron chi connectivity index (χ0n) is 21.8. The van der Waals surface area contributed by atoms with E-state index in [0.29, 0.717) is 49.3 Å². The second-order valence-corrected chi connectivity index (χ2v) is 12.8. The molecule has 1 atom stereocenters. The predicted octanol–water partition coefficient (Wildman–Crippen LogP) is 4.53. The van der Waals surface area contributed by atoms with Crippen LogP contribution in [0.25, 0.3) is 11.4 Å². The molecular formula is C27H32BrN5O5S. The third kappa shape index (κ3) is 6.51. The number of likely N-dealkylation sites (tertiary alicyclic amines) is 1. The van der Waals surface area contributed by atoms with Crippen molar-refractivity contribution >= 4 is 37.5 Å². The molecule has 3 aromatic rings. The van der Waals surface area contributed by atoms with Crippen molar-refractivity contribution in [2.45, 2.75) is 43.5 Å². The van der Waals surface area contributed by atoms with Gasteiger partial charge in [-0.25, -0.2) is 8.42 Å². The molecule has 1 N–H and O–H groups in total. The predicted molar refractivity (Wildman–Crippen MR) is 150 cm³/mol. The van der Waals surface area contributed by atoms with Crippen molar-refractivity contribution in [3.05, 3.63) is 52.8 Å². The second-order valence-electron chi connectivity index (χ2n) is 9.91. The normalized spacial score (nSPS) is 19.1. The molecule has 0 spiro atoms. The number of anilines is 1. The fraction of sp³-hybridized carbons (Fsp3) is 0.444. The molecule has 2 fully saturated rings. The zero-order valence-corrected chi connectivity index (χ0v) is 24.2. The number of halogens is 1. The van der Waals surface area contributed by atoms with Crippen LogP contribution in [0.2, 0.25) is 0 Å². The summed E-state index contributed by atoms with van der Waals surface area (Å²) >= 11 is 3.46. The summed E-state index contributed by atoms with van der Waals surface area (Å²) in [6.07, 6.45) is 4.31. The number of rotatable bonds is 8. The molecule has 10 nitrogen and oxygen atoms in total. The van der Waals surface area contributed by atoms with Crippen molar-refractivity contribution < 1.29 is 22.5 Å². The first-order valence-electron chi connectivity index (χ1n) is 13.1. The number of hydrogen-bond donors (Lipinski definition) is 1. The highest BCUT2D eigenvalue weighted by Gasteiger charge is 2.30. The van der Waals surface area contributed by atoms with Gasteiger partial charge in [-0.1, -0.05) is 39.6 Å². The van der Waals surface area contributed by atoms with E-state index in [-0.39, 0.29) is 16.7 Å². The van der Waals surface area contributed by atoms with Crippen LogP contribution in [0.1, 0.15) is 38.0 Å². The summed E-state index contributed by atoms with van der Waals surface area (Å²) in [6.45, 7) is 2.80. The lowest BCUT2D eigenvalue weighted by Gasteiger charge is -2.31. The van der Waals surface area contributed by atoms with Gasteiger partial charge in [-0.15, -0.1) is 0 Å². The van der Waals surface area contributed by atoms with E-state index in [4.69, 9.17) is 9.26 Å². The minimum atomic E-state index is -3.64. The summed E-state index contributed by atoms with van der Waals surface area (Å²) in [4.78, 5) is 20.1. The minimum absolute atomic E-state index is 0.156. The van der Waals surface area contributed by atoms with Gasteiger partial charge in [-0.3, -0.25) is 9.69 Å². The van der Waals surface area contributed by atoms with Crippen LogP contribution in [0.5, 0.6) is 5.75 Å². The summed E-state index contributed by atoms with van der Waals surface area (Å²) in [5.74, 6) is 0.969. The van der Waals surface area contributed by atoms with Gasteiger partial charge >= 0.3 is 0 Å². The molecule has 2 aliphatic rings. The molecule has 2 saturated heterocycles. The number of carbonyl (C=O) groups excluding carboxylic acids is 1. The van der Waals surface area contributed by atoms with Crippen LogP contribution in [0.3, 0.4) is 0 Å². The molecule has 1 aromatic heterocycles. The molecule has 0 bridgehead atoms. The van der Waals surface area contributed by atoms with Crippen LogP contribution in [0, 0.1) is 5.92 Å². The zero-order chi connectivity index (χ0) is 27.4. The van der Waals surface area contributed by atoms with Gasteiger partial charge in [0.05, 0.1) is 30.2 Å². The summed E-state index contributed by atoms with van der Waals surface area (Å²) in [7, 11) is -2.14. The van der Waals surface area contributed by atoms with Crippen LogP contribution >= 0.6 is 15.9 Å². The Morgan fingerprint density at radius 3 is 2.72 bits per heavy atom. The number of piperidine rings is 2. The van der Waals surface area contributed by atoms with E-state index < -0.39 is 10.0 Å². The molecule has 5 rings (SSSR count). The monoisotopic (exact) mass is 617 g/mol. The lowest BCUT2D eigenvalue weighted by atomic mass is 9.97. The quantitative estimate of drug-likeness (QED) is 0.392. The summed E-state index contributed by atoms with van der Waals surface area (Å²) in [5, 5.41) is 7.04. The van der Waals surface area contributed by atoms with Gasteiger partial charge in [0.2, 0.25) is 27.6 Å². The van der Waals surface area contributed by atoms with Gasteiger partial charge in [-0.2, -0.15) is 9.29 Å². The van der Waals surface area contributed by atoms with E-state index in [2.05, 4.69) is 36.3 Å². The molecule has 208 valence electrons. The molecule has 0 saturated carbocycles. The van der Waals surface area contributed by atoms with Gasteiger partial charge in [0, 0.05) is 29.7 Å². The number of ether oxygens (including phenoxy) is 1. The highest BCUT2D eigenvalue weighted by molar-refractivity contribution is 9.10. The van der Waals surface area contributed by atoms with Crippen molar-refractivity contribution in [1.82, 2.24) is 19.3 Å². The molecule has 0 radical (unpaired) electrons. The van der Waals surface area contributed by atoms with Gasteiger partial charge in [0.25, 0.3) is 0 Å². The first kappa shape index (κ1) is 27.8. The van der Waals surface area contributed by atoms with Crippen molar-refractivity contribution in [1.29, 1.82) is 0 Å².